The van der Waals surface area contributed by atoms with Crippen molar-refractivity contribution >= 4 is 5.97 Å². The van der Waals surface area contributed by atoms with Crippen LogP contribution >= 0.6 is 0 Å². The third-order valence-electron chi connectivity index (χ3n) is 4.10. The zero-order chi connectivity index (χ0) is 13.2. The van der Waals surface area contributed by atoms with Crippen LogP contribution in [0.25, 0.3) is 0 Å². The number of nitrogens with zero attached hydrogens (tertiary/aromatic N) is 1. The molecule has 2 rings (SSSR count). The third kappa shape index (κ3) is 2.91. The largest absolute Gasteiger partial charge is 0.478 e. The van der Waals surface area contributed by atoms with Crippen LogP contribution in [-0.2, 0) is 6.54 Å². The van der Waals surface area contributed by atoms with Gasteiger partial charge in [-0.25, -0.2) is 4.79 Å². The molecule has 1 atom stereocenters. The van der Waals surface area contributed by atoms with E-state index in [0.29, 0.717) is 11.0 Å². The maximum Gasteiger partial charge on any atom is 0.335 e. The Morgan fingerprint density at radius 2 is 2.06 bits per heavy atom. The van der Waals surface area contributed by atoms with Crippen molar-refractivity contribution < 1.29 is 9.90 Å². The topological polar surface area (TPSA) is 40.5 Å². The number of likely N-dealkylation sites (tertiary alicyclic amines) is 1. The number of hydrogen-bond acceptors (Lipinski definition) is 2. The van der Waals surface area contributed by atoms with Gasteiger partial charge in [-0.15, -0.1) is 0 Å². The van der Waals surface area contributed by atoms with E-state index in [9.17, 15) is 4.79 Å². The Balaban J connectivity index is 1.96. The number of carboxylic acids is 1. The Morgan fingerprint density at radius 3 is 2.56 bits per heavy atom. The van der Waals surface area contributed by atoms with E-state index in [0.717, 1.165) is 19.6 Å². The molecular weight excluding hydrogens is 226 g/mol. The fourth-order valence-electron chi connectivity index (χ4n) is 2.56. The van der Waals surface area contributed by atoms with Crippen molar-refractivity contribution in [1.29, 1.82) is 0 Å². The number of carbonyl (C=O) groups is 1. The van der Waals surface area contributed by atoms with Gasteiger partial charge in [-0.3, -0.25) is 4.90 Å². The second-order valence-corrected chi connectivity index (χ2v) is 5.63. The molecule has 0 spiro atoms. The molecule has 0 bridgehead atoms. The lowest BCUT2D eigenvalue weighted by molar-refractivity contribution is 0.0697. The van der Waals surface area contributed by atoms with Crippen molar-refractivity contribution in [3.05, 3.63) is 35.4 Å². The van der Waals surface area contributed by atoms with Crippen LogP contribution in [0.5, 0.6) is 0 Å². The molecule has 1 aromatic rings. The van der Waals surface area contributed by atoms with E-state index in [1.165, 1.54) is 18.4 Å². The van der Waals surface area contributed by atoms with Crippen molar-refractivity contribution in [3.8, 4) is 0 Å². The highest BCUT2D eigenvalue weighted by Gasteiger charge is 2.31. The molecule has 1 saturated heterocycles. The normalized spacial score (nSPS) is 24.3. The summed E-state index contributed by atoms with van der Waals surface area (Å²) >= 11 is 0. The molecule has 1 aliphatic rings. The Kier molecular flexibility index (Phi) is 3.71. The van der Waals surface area contributed by atoms with Crippen LogP contribution < -0.4 is 0 Å². The summed E-state index contributed by atoms with van der Waals surface area (Å²) < 4.78 is 0. The average molecular weight is 247 g/mol. The Labute approximate surface area is 108 Å². The fraction of sp³-hybridized carbons (Fsp3) is 0.533. The Hall–Kier alpha value is -1.35. The van der Waals surface area contributed by atoms with Gasteiger partial charge in [0.15, 0.2) is 0 Å². The quantitative estimate of drug-likeness (QED) is 0.889. The summed E-state index contributed by atoms with van der Waals surface area (Å²) in [7, 11) is 0. The van der Waals surface area contributed by atoms with Crippen LogP contribution in [0.4, 0.5) is 0 Å². The van der Waals surface area contributed by atoms with Crippen LogP contribution in [0.15, 0.2) is 24.3 Å². The predicted octanol–water partition coefficient (Wildman–Crippen LogP) is 3.01. The highest BCUT2D eigenvalue weighted by atomic mass is 16.4. The first kappa shape index (κ1) is 13.1. The highest BCUT2D eigenvalue weighted by Crippen LogP contribution is 2.33. The summed E-state index contributed by atoms with van der Waals surface area (Å²) in [4.78, 5) is 13.2. The zero-order valence-electron chi connectivity index (χ0n) is 11.1. The summed E-state index contributed by atoms with van der Waals surface area (Å²) in [5.74, 6) is -0.860. The van der Waals surface area contributed by atoms with Gasteiger partial charge in [0.1, 0.15) is 0 Å². The molecule has 1 fully saturated rings. The van der Waals surface area contributed by atoms with E-state index in [2.05, 4.69) is 18.7 Å². The number of carboxylic acid groups (broad SMARTS) is 1. The standard InChI is InChI=1S/C15H21NO2/c1-3-15(2)8-9-16(11-15)10-12-4-6-13(7-5-12)14(17)18/h4-7H,3,8-11H2,1-2H3,(H,17,18). The van der Waals surface area contributed by atoms with Crippen LogP contribution in [0.3, 0.4) is 0 Å². The van der Waals surface area contributed by atoms with Gasteiger partial charge in [0.05, 0.1) is 5.56 Å². The predicted molar refractivity (Wildman–Crippen MR) is 71.7 cm³/mol. The molecule has 1 aromatic carbocycles. The zero-order valence-corrected chi connectivity index (χ0v) is 11.1. The van der Waals surface area contributed by atoms with Crippen molar-refractivity contribution in [3.63, 3.8) is 0 Å². The SMILES string of the molecule is CCC1(C)CCN(Cc2ccc(C(=O)O)cc2)C1. The van der Waals surface area contributed by atoms with Crippen molar-refractivity contribution in [1.82, 2.24) is 4.90 Å². The van der Waals surface area contributed by atoms with Gasteiger partial charge in [0, 0.05) is 13.1 Å². The molecule has 0 aromatic heterocycles. The Morgan fingerprint density at radius 1 is 1.39 bits per heavy atom. The smallest absolute Gasteiger partial charge is 0.335 e. The number of benzene rings is 1. The molecule has 18 heavy (non-hydrogen) atoms. The Bertz CT molecular complexity index is 427. The van der Waals surface area contributed by atoms with Crippen molar-refractivity contribution in [2.75, 3.05) is 13.1 Å². The summed E-state index contributed by atoms with van der Waals surface area (Å²) in [5.41, 5.74) is 2.01. The molecule has 3 nitrogen and oxygen atoms in total. The fourth-order valence-corrected chi connectivity index (χ4v) is 2.56. The van der Waals surface area contributed by atoms with Crippen molar-refractivity contribution in [2.45, 2.75) is 33.2 Å². The van der Waals surface area contributed by atoms with Gasteiger partial charge in [-0.1, -0.05) is 26.0 Å². The molecule has 0 saturated carbocycles. The van der Waals surface area contributed by atoms with Gasteiger partial charge < -0.3 is 5.11 Å². The van der Waals surface area contributed by atoms with E-state index in [4.69, 9.17) is 5.11 Å². The minimum atomic E-state index is -0.860. The number of hydrogen-bond donors (Lipinski definition) is 1. The number of rotatable bonds is 4. The second kappa shape index (κ2) is 5.11. The summed E-state index contributed by atoms with van der Waals surface area (Å²) in [6.45, 7) is 7.82. The van der Waals surface area contributed by atoms with E-state index in [1.807, 2.05) is 12.1 Å². The molecule has 0 amide bonds. The lowest BCUT2D eigenvalue weighted by Gasteiger charge is -2.22. The molecule has 3 heteroatoms. The summed E-state index contributed by atoms with van der Waals surface area (Å²) in [6.07, 6.45) is 2.48. The third-order valence-corrected chi connectivity index (χ3v) is 4.10. The molecule has 1 N–H and O–H groups in total. The lowest BCUT2D eigenvalue weighted by atomic mass is 9.87. The minimum absolute atomic E-state index is 0.360. The maximum absolute atomic E-state index is 10.8. The van der Waals surface area contributed by atoms with Gasteiger partial charge in [0.2, 0.25) is 0 Å². The molecule has 1 aliphatic heterocycles. The monoisotopic (exact) mass is 247 g/mol. The van der Waals surface area contributed by atoms with Gasteiger partial charge in [0.25, 0.3) is 0 Å². The van der Waals surface area contributed by atoms with E-state index >= 15 is 0 Å². The first-order valence-corrected chi connectivity index (χ1v) is 6.57. The first-order chi connectivity index (χ1) is 8.52. The molecule has 0 aliphatic carbocycles. The van der Waals surface area contributed by atoms with Crippen LogP contribution in [0.2, 0.25) is 0 Å². The highest BCUT2D eigenvalue weighted by molar-refractivity contribution is 5.87. The second-order valence-electron chi connectivity index (χ2n) is 5.63. The van der Waals surface area contributed by atoms with Crippen LogP contribution in [0, 0.1) is 5.41 Å². The maximum atomic E-state index is 10.8. The number of aromatic carboxylic acids is 1. The molecule has 98 valence electrons. The van der Waals surface area contributed by atoms with Gasteiger partial charge >= 0.3 is 5.97 Å². The molecular formula is C15H21NO2. The van der Waals surface area contributed by atoms with Gasteiger partial charge in [-0.05, 0) is 42.5 Å². The first-order valence-electron chi connectivity index (χ1n) is 6.57. The van der Waals surface area contributed by atoms with E-state index in [-0.39, 0.29) is 0 Å². The minimum Gasteiger partial charge on any atom is -0.478 e. The lowest BCUT2D eigenvalue weighted by Crippen LogP contribution is -2.24. The molecule has 1 unspecified atom stereocenters. The molecule has 0 radical (unpaired) electrons. The van der Waals surface area contributed by atoms with E-state index < -0.39 is 5.97 Å². The van der Waals surface area contributed by atoms with E-state index in [1.54, 1.807) is 12.1 Å². The van der Waals surface area contributed by atoms with Crippen LogP contribution in [0.1, 0.15) is 42.6 Å². The molecule has 1 heterocycles. The van der Waals surface area contributed by atoms with Crippen LogP contribution in [-0.4, -0.2) is 29.1 Å². The average Bonchev–Trinajstić information content (AvgIpc) is 2.72. The van der Waals surface area contributed by atoms with Crippen molar-refractivity contribution in [2.24, 2.45) is 5.41 Å². The summed E-state index contributed by atoms with van der Waals surface area (Å²) in [6, 6.07) is 7.22. The van der Waals surface area contributed by atoms with Gasteiger partial charge in [-0.2, -0.15) is 0 Å². The summed E-state index contributed by atoms with van der Waals surface area (Å²) in [5, 5.41) is 8.85.